The third-order valence-corrected chi connectivity index (χ3v) is 2.54. The van der Waals surface area contributed by atoms with E-state index in [1.807, 2.05) is 0 Å². The molecule has 54 valence electrons. The van der Waals surface area contributed by atoms with Gasteiger partial charge in [-0.05, 0) is 25.5 Å². The van der Waals surface area contributed by atoms with Crippen molar-refractivity contribution >= 4 is 9.24 Å². The summed E-state index contributed by atoms with van der Waals surface area (Å²) in [5.41, 5.74) is 0. The van der Waals surface area contributed by atoms with Gasteiger partial charge in [0.1, 0.15) is 0 Å². The number of hydrogen-bond donors (Lipinski definition) is 0. The lowest BCUT2D eigenvalue weighted by atomic mass is 10.1. The summed E-state index contributed by atoms with van der Waals surface area (Å²) in [5.74, 6) is 0. The van der Waals surface area contributed by atoms with Gasteiger partial charge in [-0.15, -0.1) is 9.24 Å². The monoisotopic (exact) mass is 145 g/mol. The van der Waals surface area contributed by atoms with Gasteiger partial charge in [0.15, 0.2) is 0 Å². The Labute approximate surface area is 60.0 Å². The number of nitrogens with zero attached hydrogens (tertiary/aromatic N) is 1. The smallest absolute Gasteiger partial charge is 0.00731 e. The molecule has 1 saturated heterocycles. The molecule has 1 nitrogen and oxygen atoms in total. The van der Waals surface area contributed by atoms with E-state index in [9.17, 15) is 0 Å². The quantitative estimate of drug-likeness (QED) is 0.465. The van der Waals surface area contributed by atoms with Gasteiger partial charge in [0.25, 0.3) is 0 Å². The average molecular weight is 145 g/mol. The van der Waals surface area contributed by atoms with Crippen molar-refractivity contribution in [3.8, 4) is 0 Å². The van der Waals surface area contributed by atoms with E-state index in [0.717, 1.165) is 6.04 Å². The van der Waals surface area contributed by atoms with Crippen molar-refractivity contribution in [1.82, 2.24) is 4.90 Å². The van der Waals surface area contributed by atoms with E-state index < -0.39 is 0 Å². The Bertz CT molecular complexity index is 99.5. The van der Waals surface area contributed by atoms with Gasteiger partial charge in [-0.25, -0.2) is 0 Å². The molecule has 3 unspecified atom stereocenters. The fourth-order valence-corrected chi connectivity index (χ4v) is 2.25. The van der Waals surface area contributed by atoms with Gasteiger partial charge in [0, 0.05) is 12.6 Å². The van der Waals surface area contributed by atoms with Crippen molar-refractivity contribution < 1.29 is 0 Å². The SMILES string of the molecule is CC1CC(C)(P)CN1C. The second-order valence-corrected chi connectivity index (χ2v) is 5.02. The van der Waals surface area contributed by atoms with Crippen molar-refractivity contribution in [3.05, 3.63) is 0 Å². The predicted molar refractivity (Wildman–Crippen MR) is 44.8 cm³/mol. The molecule has 0 N–H and O–H groups in total. The summed E-state index contributed by atoms with van der Waals surface area (Å²) in [6.45, 7) is 5.81. The molecule has 0 bridgehead atoms. The molecule has 0 saturated carbocycles. The minimum Gasteiger partial charge on any atom is -0.303 e. The molecule has 0 radical (unpaired) electrons. The topological polar surface area (TPSA) is 3.24 Å². The van der Waals surface area contributed by atoms with Gasteiger partial charge >= 0.3 is 0 Å². The first-order valence-corrected chi connectivity index (χ1v) is 4.08. The molecule has 0 spiro atoms. The molecule has 0 aromatic heterocycles. The van der Waals surface area contributed by atoms with E-state index in [0.29, 0.717) is 5.16 Å². The molecule has 3 atom stereocenters. The summed E-state index contributed by atoms with van der Waals surface area (Å²) in [4.78, 5) is 2.41. The summed E-state index contributed by atoms with van der Waals surface area (Å²) in [6, 6.07) is 0.771. The first-order valence-electron chi connectivity index (χ1n) is 3.50. The van der Waals surface area contributed by atoms with Gasteiger partial charge in [-0.2, -0.15) is 0 Å². The van der Waals surface area contributed by atoms with Crippen LogP contribution in [0.25, 0.3) is 0 Å². The van der Waals surface area contributed by atoms with Crippen molar-refractivity contribution in [3.63, 3.8) is 0 Å². The zero-order valence-electron chi connectivity index (χ0n) is 6.52. The molecule has 0 aliphatic carbocycles. The zero-order valence-corrected chi connectivity index (χ0v) is 7.67. The highest BCUT2D eigenvalue weighted by molar-refractivity contribution is 7.19. The average Bonchev–Trinajstić information content (AvgIpc) is 1.79. The number of hydrogen-bond acceptors (Lipinski definition) is 1. The minimum atomic E-state index is 0.480. The fourth-order valence-electron chi connectivity index (χ4n) is 1.62. The lowest BCUT2D eigenvalue weighted by molar-refractivity contribution is 0.328. The molecule has 1 rings (SSSR count). The van der Waals surface area contributed by atoms with Crippen LogP contribution in [0.15, 0.2) is 0 Å². The van der Waals surface area contributed by atoms with Crippen molar-refractivity contribution in [2.75, 3.05) is 13.6 Å². The van der Waals surface area contributed by atoms with Gasteiger partial charge < -0.3 is 4.90 Å². The maximum atomic E-state index is 2.94. The normalized spacial score (nSPS) is 46.0. The van der Waals surface area contributed by atoms with Crippen LogP contribution >= 0.6 is 9.24 Å². The maximum absolute atomic E-state index is 2.94. The van der Waals surface area contributed by atoms with Gasteiger partial charge in [-0.1, -0.05) is 6.92 Å². The molecule has 1 fully saturated rings. The Kier molecular flexibility index (Phi) is 1.84. The van der Waals surface area contributed by atoms with Crippen LogP contribution in [0.5, 0.6) is 0 Å². The Morgan fingerprint density at radius 1 is 1.67 bits per heavy atom. The van der Waals surface area contributed by atoms with Crippen LogP contribution in [0.3, 0.4) is 0 Å². The Balaban J connectivity index is 2.54. The summed E-state index contributed by atoms with van der Waals surface area (Å²) >= 11 is 0. The molecular weight excluding hydrogens is 129 g/mol. The van der Waals surface area contributed by atoms with E-state index in [1.165, 1.54) is 13.0 Å². The molecular formula is C7H16NP. The van der Waals surface area contributed by atoms with Crippen molar-refractivity contribution in [2.24, 2.45) is 0 Å². The van der Waals surface area contributed by atoms with Crippen LogP contribution in [0.4, 0.5) is 0 Å². The molecule has 1 heterocycles. The fraction of sp³-hybridized carbons (Fsp3) is 1.00. The highest BCUT2D eigenvalue weighted by Gasteiger charge is 2.32. The molecule has 9 heavy (non-hydrogen) atoms. The zero-order chi connectivity index (χ0) is 7.07. The van der Waals surface area contributed by atoms with Crippen LogP contribution in [0.1, 0.15) is 20.3 Å². The Morgan fingerprint density at radius 2 is 2.22 bits per heavy atom. The lowest BCUT2D eigenvalue weighted by Crippen LogP contribution is -2.23. The highest BCUT2D eigenvalue weighted by atomic mass is 31.0. The van der Waals surface area contributed by atoms with Crippen LogP contribution in [0.2, 0.25) is 0 Å². The molecule has 1 aliphatic rings. The summed E-state index contributed by atoms with van der Waals surface area (Å²) in [6.07, 6.45) is 1.31. The van der Waals surface area contributed by atoms with E-state index in [4.69, 9.17) is 0 Å². The largest absolute Gasteiger partial charge is 0.303 e. The number of rotatable bonds is 0. The second-order valence-electron chi connectivity index (χ2n) is 3.62. The van der Waals surface area contributed by atoms with Crippen molar-refractivity contribution in [2.45, 2.75) is 31.5 Å². The molecule has 0 aromatic rings. The van der Waals surface area contributed by atoms with Crippen LogP contribution in [0, 0.1) is 0 Å². The van der Waals surface area contributed by atoms with E-state index >= 15 is 0 Å². The first kappa shape index (κ1) is 7.50. The van der Waals surface area contributed by atoms with Gasteiger partial charge in [0.2, 0.25) is 0 Å². The highest BCUT2D eigenvalue weighted by Crippen LogP contribution is 2.32. The lowest BCUT2D eigenvalue weighted by Gasteiger charge is -2.15. The van der Waals surface area contributed by atoms with E-state index in [-0.39, 0.29) is 0 Å². The van der Waals surface area contributed by atoms with E-state index in [2.05, 4.69) is 35.0 Å². The minimum absolute atomic E-state index is 0.480. The third-order valence-electron chi connectivity index (χ3n) is 2.12. The Morgan fingerprint density at radius 3 is 2.33 bits per heavy atom. The third kappa shape index (κ3) is 1.65. The number of likely N-dealkylation sites (tertiary alicyclic amines) is 1. The maximum Gasteiger partial charge on any atom is 0.00731 e. The molecule has 0 amide bonds. The first-order chi connectivity index (χ1) is 4.01. The molecule has 0 aromatic carbocycles. The summed E-state index contributed by atoms with van der Waals surface area (Å²) in [5, 5.41) is 0.480. The predicted octanol–water partition coefficient (Wildman–Crippen LogP) is 1.34. The molecule has 1 aliphatic heterocycles. The molecule has 2 heteroatoms. The summed E-state index contributed by atoms with van der Waals surface area (Å²) in [7, 11) is 5.13. The van der Waals surface area contributed by atoms with Crippen LogP contribution in [-0.4, -0.2) is 29.7 Å². The summed E-state index contributed by atoms with van der Waals surface area (Å²) < 4.78 is 0. The Hall–Kier alpha value is 0.390. The standard InChI is InChI=1S/C7H16NP/c1-6-4-7(2,9)5-8(6)3/h6H,4-5,9H2,1-3H3. The van der Waals surface area contributed by atoms with Crippen LogP contribution in [-0.2, 0) is 0 Å². The van der Waals surface area contributed by atoms with Crippen molar-refractivity contribution in [1.29, 1.82) is 0 Å². The van der Waals surface area contributed by atoms with Gasteiger partial charge in [0.05, 0.1) is 0 Å². The van der Waals surface area contributed by atoms with Crippen LogP contribution < -0.4 is 0 Å². The van der Waals surface area contributed by atoms with Gasteiger partial charge in [-0.3, -0.25) is 0 Å². The second kappa shape index (κ2) is 2.21. The van der Waals surface area contributed by atoms with E-state index in [1.54, 1.807) is 0 Å².